The number of benzene rings is 1. The van der Waals surface area contributed by atoms with Gasteiger partial charge in [0, 0.05) is 19.1 Å². The predicted molar refractivity (Wildman–Crippen MR) is 83.6 cm³/mol. The van der Waals surface area contributed by atoms with E-state index in [9.17, 15) is 9.18 Å². The van der Waals surface area contributed by atoms with Gasteiger partial charge in [0.05, 0.1) is 11.9 Å². The minimum absolute atomic E-state index is 0.0699. The number of nitrogens with two attached hydrogens (primary N) is 1. The third-order valence-electron chi connectivity index (χ3n) is 4.26. The van der Waals surface area contributed by atoms with Crippen molar-refractivity contribution in [3.8, 4) is 5.69 Å². The van der Waals surface area contributed by atoms with E-state index >= 15 is 0 Å². The Morgan fingerprint density at radius 2 is 2.13 bits per heavy atom. The Morgan fingerprint density at radius 1 is 1.39 bits per heavy atom. The maximum absolute atomic E-state index is 13.0. The molecule has 23 heavy (non-hydrogen) atoms. The Hall–Kier alpha value is -2.28. The quantitative estimate of drug-likeness (QED) is 0.933. The van der Waals surface area contributed by atoms with Crippen LogP contribution in [0.1, 0.15) is 30.3 Å². The molecule has 1 fully saturated rings. The minimum Gasteiger partial charge on any atom is -0.337 e. The number of carbonyl (C=O) groups is 1. The van der Waals surface area contributed by atoms with Gasteiger partial charge in [-0.05, 0) is 49.9 Å². The van der Waals surface area contributed by atoms with E-state index in [0.29, 0.717) is 30.4 Å². The number of hydrogen-bond donors (Lipinski definition) is 1. The van der Waals surface area contributed by atoms with Gasteiger partial charge < -0.3 is 10.6 Å². The number of carbonyl (C=O) groups excluding carboxylic acids is 1. The summed E-state index contributed by atoms with van der Waals surface area (Å²) in [6.07, 6.45) is 3.44. The molecule has 2 heterocycles. The number of rotatable bonds is 3. The van der Waals surface area contributed by atoms with Crippen LogP contribution in [-0.4, -0.2) is 44.9 Å². The van der Waals surface area contributed by atoms with Gasteiger partial charge in [0.25, 0.3) is 5.91 Å². The molecule has 2 aromatic rings. The molecule has 0 bridgehead atoms. The average molecular weight is 317 g/mol. The van der Waals surface area contributed by atoms with Crippen LogP contribution < -0.4 is 5.73 Å². The second kappa shape index (κ2) is 6.45. The number of amides is 1. The summed E-state index contributed by atoms with van der Waals surface area (Å²) in [6, 6.07) is 5.86. The molecule has 1 aliphatic heterocycles. The van der Waals surface area contributed by atoms with Crippen molar-refractivity contribution in [1.29, 1.82) is 0 Å². The molecule has 1 aromatic heterocycles. The van der Waals surface area contributed by atoms with E-state index in [1.54, 1.807) is 17.0 Å². The van der Waals surface area contributed by atoms with E-state index < -0.39 is 0 Å². The van der Waals surface area contributed by atoms with E-state index in [-0.39, 0.29) is 17.8 Å². The highest BCUT2D eigenvalue weighted by atomic mass is 19.1. The van der Waals surface area contributed by atoms with E-state index in [0.717, 1.165) is 12.8 Å². The lowest BCUT2D eigenvalue weighted by Crippen LogP contribution is -2.45. The number of likely N-dealkylation sites (tertiary alicyclic amines) is 1. The fourth-order valence-corrected chi connectivity index (χ4v) is 2.85. The maximum atomic E-state index is 13.0. The molecule has 1 aliphatic rings. The number of aromatic nitrogens is 3. The highest BCUT2D eigenvalue weighted by Crippen LogP contribution is 2.20. The Bertz CT molecular complexity index is 682. The normalized spacial score (nSPS) is 19.6. The van der Waals surface area contributed by atoms with Gasteiger partial charge in [-0.3, -0.25) is 4.79 Å². The summed E-state index contributed by atoms with van der Waals surface area (Å²) in [6.45, 7) is 3.34. The monoisotopic (exact) mass is 317 g/mol. The first kappa shape index (κ1) is 15.6. The molecule has 1 saturated heterocycles. The summed E-state index contributed by atoms with van der Waals surface area (Å²) in [7, 11) is 0. The molecule has 3 rings (SSSR count). The van der Waals surface area contributed by atoms with Crippen LogP contribution in [0.2, 0.25) is 0 Å². The molecule has 0 unspecified atom stereocenters. The molecule has 0 aliphatic carbocycles. The molecule has 0 spiro atoms. The van der Waals surface area contributed by atoms with Crippen LogP contribution in [0, 0.1) is 11.7 Å². The molecule has 7 heteroatoms. The lowest BCUT2D eigenvalue weighted by Gasteiger charge is -2.34. The van der Waals surface area contributed by atoms with Gasteiger partial charge in [0.15, 0.2) is 5.69 Å². The Morgan fingerprint density at radius 3 is 2.83 bits per heavy atom. The van der Waals surface area contributed by atoms with Gasteiger partial charge in [0.1, 0.15) is 5.82 Å². The lowest BCUT2D eigenvalue weighted by molar-refractivity contribution is 0.0654. The van der Waals surface area contributed by atoms with E-state index in [1.165, 1.54) is 23.1 Å². The highest BCUT2D eigenvalue weighted by molar-refractivity contribution is 5.92. The highest BCUT2D eigenvalue weighted by Gasteiger charge is 2.27. The molecule has 1 amide bonds. The smallest absolute Gasteiger partial charge is 0.276 e. The Balaban J connectivity index is 1.74. The summed E-state index contributed by atoms with van der Waals surface area (Å²) in [5, 5.41) is 8.31. The van der Waals surface area contributed by atoms with E-state index in [2.05, 4.69) is 10.2 Å². The lowest BCUT2D eigenvalue weighted by atomic mass is 9.92. The topological polar surface area (TPSA) is 77.0 Å². The fraction of sp³-hybridized carbons (Fsp3) is 0.438. The predicted octanol–water partition coefficient (Wildman–Crippen LogP) is 1.61. The first-order valence-corrected chi connectivity index (χ1v) is 7.78. The maximum Gasteiger partial charge on any atom is 0.276 e. The zero-order valence-electron chi connectivity index (χ0n) is 13.0. The zero-order chi connectivity index (χ0) is 16.4. The molecule has 0 radical (unpaired) electrons. The van der Waals surface area contributed by atoms with Crippen LogP contribution in [0.25, 0.3) is 5.69 Å². The molecular weight excluding hydrogens is 297 g/mol. The molecule has 6 nitrogen and oxygen atoms in total. The van der Waals surface area contributed by atoms with Gasteiger partial charge >= 0.3 is 0 Å². The van der Waals surface area contributed by atoms with Crippen molar-refractivity contribution >= 4 is 5.91 Å². The van der Waals surface area contributed by atoms with Crippen LogP contribution in [0.15, 0.2) is 30.5 Å². The fourth-order valence-electron chi connectivity index (χ4n) is 2.85. The average Bonchev–Trinajstić information content (AvgIpc) is 3.05. The van der Waals surface area contributed by atoms with Crippen LogP contribution in [0.3, 0.4) is 0 Å². The summed E-state index contributed by atoms with van der Waals surface area (Å²) < 4.78 is 13.0. The molecule has 0 saturated carbocycles. The standard InChI is InChI=1S/C16H20FN5O/c1-11(18)12-3-2-8-21(10-12)16(23)15-9-19-22(20-15)14-6-4-13(17)5-7-14/h4-7,9,11-12H,2-3,8,10,18H2,1H3/t11-,12+/m0/s1. The number of halogens is 1. The summed E-state index contributed by atoms with van der Waals surface area (Å²) in [5.74, 6) is -0.143. The zero-order valence-corrected chi connectivity index (χ0v) is 13.0. The van der Waals surface area contributed by atoms with Crippen molar-refractivity contribution in [1.82, 2.24) is 19.9 Å². The van der Waals surface area contributed by atoms with Gasteiger partial charge in [-0.15, -0.1) is 5.10 Å². The van der Waals surface area contributed by atoms with Crippen LogP contribution >= 0.6 is 0 Å². The second-order valence-electron chi connectivity index (χ2n) is 6.01. The van der Waals surface area contributed by atoms with Crippen molar-refractivity contribution < 1.29 is 9.18 Å². The molecular formula is C16H20FN5O. The molecule has 2 atom stereocenters. The number of nitrogens with zero attached hydrogens (tertiary/aromatic N) is 4. The third-order valence-corrected chi connectivity index (χ3v) is 4.26. The summed E-state index contributed by atoms with van der Waals surface area (Å²) in [5.41, 5.74) is 6.86. The Kier molecular flexibility index (Phi) is 4.38. The van der Waals surface area contributed by atoms with Crippen molar-refractivity contribution in [2.45, 2.75) is 25.8 Å². The van der Waals surface area contributed by atoms with E-state index in [1.807, 2.05) is 6.92 Å². The summed E-state index contributed by atoms with van der Waals surface area (Å²) in [4.78, 5) is 15.7. The van der Waals surface area contributed by atoms with Gasteiger partial charge in [-0.2, -0.15) is 9.90 Å². The molecule has 2 N–H and O–H groups in total. The number of piperidine rings is 1. The van der Waals surface area contributed by atoms with Crippen LogP contribution in [0.5, 0.6) is 0 Å². The SMILES string of the molecule is C[C@H](N)[C@@H]1CCCN(C(=O)c2cnn(-c3ccc(F)cc3)n2)C1. The van der Waals surface area contributed by atoms with Gasteiger partial charge in [-0.1, -0.05) is 0 Å². The van der Waals surface area contributed by atoms with Gasteiger partial charge in [0.2, 0.25) is 0 Å². The van der Waals surface area contributed by atoms with Crippen molar-refractivity contribution in [3.63, 3.8) is 0 Å². The summed E-state index contributed by atoms with van der Waals surface area (Å²) >= 11 is 0. The first-order valence-electron chi connectivity index (χ1n) is 7.78. The molecule has 122 valence electrons. The minimum atomic E-state index is -0.326. The van der Waals surface area contributed by atoms with Crippen LogP contribution in [0.4, 0.5) is 4.39 Å². The first-order chi connectivity index (χ1) is 11.0. The number of hydrogen-bond acceptors (Lipinski definition) is 4. The van der Waals surface area contributed by atoms with Gasteiger partial charge in [-0.25, -0.2) is 4.39 Å². The molecule has 1 aromatic carbocycles. The second-order valence-corrected chi connectivity index (χ2v) is 6.01. The van der Waals surface area contributed by atoms with Crippen LogP contribution in [-0.2, 0) is 0 Å². The third kappa shape index (κ3) is 3.39. The van der Waals surface area contributed by atoms with Crippen molar-refractivity contribution in [2.75, 3.05) is 13.1 Å². The Labute approximate surface area is 134 Å². The van der Waals surface area contributed by atoms with Crippen molar-refractivity contribution in [2.24, 2.45) is 11.7 Å². The van der Waals surface area contributed by atoms with E-state index in [4.69, 9.17) is 5.73 Å². The largest absolute Gasteiger partial charge is 0.337 e. The van der Waals surface area contributed by atoms with Crippen molar-refractivity contribution in [3.05, 3.63) is 42.0 Å².